The highest BCUT2D eigenvalue weighted by Gasteiger charge is 2.53. The fourth-order valence-corrected chi connectivity index (χ4v) is 4.53. The molecule has 5 nitrogen and oxygen atoms in total. The van der Waals surface area contributed by atoms with Crippen LogP contribution in [-0.2, 0) is 14.3 Å². The van der Waals surface area contributed by atoms with E-state index in [1.54, 1.807) is 0 Å². The molecule has 1 fully saturated rings. The van der Waals surface area contributed by atoms with Crippen LogP contribution >= 0.6 is 0 Å². The summed E-state index contributed by atoms with van der Waals surface area (Å²) in [6, 6.07) is 15.4. The van der Waals surface area contributed by atoms with Gasteiger partial charge in [0.1, 0.15) is 6.61 Å². The van der Waals surface area contributed by atoms with Crippen molar-refractivity contribution in [3.8, 4) is 11.1 Å². The van der Waals surface area contributed by atoms with E-state index in [9.17, 15) is 14.7 Å². The maximum absolute atomic E-state index is 12.9. The van der Waals surface area contributed by atoms with Crippen molar-refractivity contribution in [3.05, 3.63) is 59.7 Å². The summed E-state index contributed by atoms with van der Waals surface area (Å²) < 4.78 is 5.61. The normalized spacial score (nSPS) is 24.1. The average Bonchev–Trinajstić information content (AvgIpc) is 3.00. The standard InChI is InChI=1S/C22H23NO4/c23-19-11-5-6-12-22(19,20(24)25)21(26)27-13-18-16-9-3-1-7-14(16)15-8-2-4-10-17(15)18/h1-4,7-10,18-19H,5-6,11-13,23H2,(H,24,25)/t19-,22+/m0/s1. The molecule has 2 aliphatic carbocycles. The van der Waals surface area contributed by atoms with E-state index in [0.717, 1.165) is 28.7 Å². The van der Waals surface area contributed by atoms with Gasteiger partial charge in [-0.1, -0.05) is 61.4 Å². The lowest BCUT2D eigenvalue weighted by Gasteiger charge is -2.36. The summed E-state index contributed by atoms with van der Waals surface area (Å²) in [5, 5.41) is 9.76. The molecule has 0 radical (unpaired) electrons. The van der Waals surface area contributed by atoms with E-state index in [4.69, 9.17) is 10.5 Å². The molecule has 0 aliphatic heterocycles. The summed E-state index contributed by atoms with van der Waals surface area (Å²) >= 11 is 0. The molecule has 140 valence electrons. The van der Waals surface area contributed by atoms with Crippen LogP contribution in [0, 0.1) is 5.41 Å². The minimum atomic E-state index is -1.63. The van der Waals surface area contributed by atoms with Gasteiger partial charge >= 0.3 is 11.9 Å². The largest absolute Gasteiger partial charge is 0.480 e. The lowest BCUT2D eigenvalue weighted by atomic mass is 9.70. The van der Waals surface area contributed by atoms with Crippen LogP contribution in [0.1, 0.15) is 42.7 Å². The van der Waals surface area contributed by atoms with Crippen molar-refractivity contribution in [1.29, 1.82) is 0 Å². The number of aliphatic carboxylic acids is 1. The summed E-state index contributed by atoms with van der Waals surface area (Å²) in [6.45, 7) is 0.120. The van der Waals surface area contributed by atoms with Gasteiger partial charge in [-0.3, -0.25) is 9.59 Å². The van der Waals surface area contributed by atoms with Gasteiger partial charge in [0.15, 0.2) is 5.41 Å². The molecule has 2 aromatic carbocycles. The first-order valence-electron chi connectivity index (χ1n) is 9.40. The van der Waals surface area contributed by atoms with Crippen LogP contribution in [0.3, 0.4) is 0 Å². The third-order valence-corrected chi connectivity index (χ3v) is 6.06. The molecule has 4 rings (SSSR count). The van der Waals surface area contributed by atoms with E-state index in [1.807, 2.05) is 36.4 Å². The quantitative estimate of drug-likeness (QED) is 0.641. The number of ether oxygens (including phenoxy) is 1. The molecule has 5 heteroatoms. The number of esters is 1. The zero-order chi connectivity index (χ0) is 19.0. The van der Waals surface area contributed by atoms with Crippen LogP contribution in [0.2, 0.25) is 0 Å². The number of carbonyl (C=O) groups is 2. The Morgan fingerprint density at radius 3 is 2.19 bits per heavy atom. The Bertz CT molecular complexity index is 848. The summed E-state index contributed by atoms with van der Waals surface area (Å²) in [5.41, 5.74) is 8.91. The van der Waals surface area contributed by atoms with Gasteiger partial charge in [0, 0.05) is 12.0 Å². The van der Waals surface area contributed by atoms with E-state index in [0.29, 0.717) is 12.8 Å². The average molecular weight is 365 g/mol. The number of carbonyl (C=O) groups excluding carboxylic acids is 1. The zero-order valence-electron chi connectivity index (χ0n) is 15.1. The molecule has 0 heterocycles. The van der Waals surface area contributed by atoms with Gasteiger partial charge in [0.2, 0.25) is 0 Å². The predicted molar refractivity (Wildman–Crippen MR) is 101 cm³/mol. The number of carboxylic acid groups (broad SMARTS) is 1. The second-order valence-corrected chi connectivity index (χ2v) is 7.45. The SMILES string of the molecule is N[C@H]1CCCC[C@@]1(C(=O)O)C(=O)OCC1c2ccccc2-c2ccccc21. The van der Waals surface area contributed by atoms with E-state index in [-0.39, 0.29) is 18.9 Å². The van der Waals surface area contributed by atoms with E-state index >= 15 is 0 Å². The molecular formula is C22H23NO4. The molecule has 27 heavy (non-hydrogen) atoms. The lowest BCUT2D eigenvalue weighted by Crippen LogP contribution is -2.55. The Kier molecular flexibility index (Phi) is 4.48. The van der Waals surface area contributed by atoms with E-state index in [1.165, 1.54) is 0 Å². The minimum absolute atomic E-state index is 0.0907. The summed E-state index contributed by atoms with van der Waals surface area (Å²) in [5.74, 6) is -1.97. The Morgan fingerprint density at radius 1 is 1.04 bits per heavy atom. The maximum Gasteiger partial charge on any atom is 0.325 e. The molecule has 0 spiro atoms. The third-order valence-electron chi connectivity index (χ3n) is 6.06. The number of nitrogens with two attached hydrogens (primary N) is 1. The first-order valence-corrected chi connectivity index (χ1v) is 9.40. The first kappa shape index (κ1) is 17.7. The number of carboxylic acids is 1. The van der Waals surface area contributed by atoms with Crippen molar-refractivity contribution in [2.75, 3.05) is 6.61 Å². The molecule has 2 atom stereocenters. The minimum Gasteiger partial charge on any atom is -0.480 e. The fourth-order valence-electron chi connectivity index (χ4n) is 4.53. The topological polar surface area (TPSA) is 89.6 Å². The summed E-state index contributed by atoms with van der Waals surface area (Å²) in [6.07, 6.45) is 2.27. The molecule has 0 aromatic heterocycles. The van der Waals surface area contributed by atoms with Gasteiger partial charge < -0.3 is 15.6 Å². The molecule has 0 saturated heterocycles. The van der Waals surface area contributed by atoms with Gasteiger partial charge in [-0.2, -0.15) is 0 Å². The Hall–Kier alpha value is -2.66. The number of hydrogen-bond acceptors (Lipinski definition) is 4. The maximum atomic E-state index is 12.9. The first-order chi connectivity index (χ1) is 13.1. The van der Waals surface area contributed by atoms with Gasteiger partial charge in [-0.25, -0.2) is 0 Å². The molecule has 2 aliphatic rings. The van der Waals surface area contributed by atoms with E-state index in [2.05, 4.69) is 12.1 Å². The number of benzene rings is 2. The Morgan fingerprint density at radius 2 is 1.63 bits per heavy atom. The van der Waals surface area contributed by atoms with Crippen LogP contribution in [-0.4, -0.2) is 29.7 Å². The summed E-state index contributed by atoms with van der Waals surface area (Å²) in [7, 11) is 0. The van der Waals surface area contributed by atoms with Crippen molar-refractivity contribution >= 4 is 11.9 Å². The zero-order valence-corrected chi connectivity index (χ0v) is 15.1. The predicted octanol–water partition coefficient (Wildman–Crippen LogP) is 3.31. The molecule has 0 amide bonds. The van der Waals surface area contributed by atoms with E-state index < -0.39 is 23.4 Å². The summed E-state index contributed by atoms with van der Waals surface area (Å²) in [4.78, 5) is 24.8. The molecule has 0 bridgehead atoms. The molecule has 1 saturated carbocycles. The Balaban J connectivity index is 1.60. The van der Waals surface area contributed by atoms with Gasteiger partial charge in [-0.05, 0) is 35.1 Å². The fraction of sp³-hybridized carbons (Fsp3) is 0.364. The molecular weight excluding hydrogens is 342 g/mol. The van der Waals surface area contributed by atoms with Crippen molar-refractivity contribution in [1.82, 2.24) is 0 Å². The molecule has 3 N–H and O–H groups in total. The monoisotopic (exact) mass is 365 g/mol. The van der Waals surface area contributed by atoms with Crippen molar-refractivity contribution in [2.45, 2.75) is 37.6 Å². The number of rotatable bonds is 4. The van der Waals surface area contributed by atoms with Crippen LogP contribution < -0.4 is 5.73 Å². The highest BCUT2D eigenvalue weighted by molar-refractivity contribution is 6.00. The van der Waals surface area contributed by atoms with Gasteiger partial charge in [0.05, 0.1) is 0 Å². The number of fused-ring (bicyclic) bond motifs is 3. The van der Waals surface area contributed by atoms with Crippen molar-refractivity contribution in [2.24, 2.45) is 11.1 Å². The second-order valence-electron chi connectivity index (χ2n) is 7.45. The molecule has 2 aromatic rings. The highest BCUT2D eigenvalue weighted by atomic mass is 16.5. The van der Waals surface area contributed by atoms with Crippen LogP contribution in [0.15, 0.2) is 48.5 Å². The second kappa shape index (κ2) is 6.82. The van der Waals surface area contributed by atoms with Crippen molar-refractivity contribution in [3.63, 3.8) is 0 Å². The van der Waals surface area contributed by atoms with Crippen LogP contribution in [0.5, 0.6) is 0 Å². The van der Waals surface area contributed by atoms with Crippen LogP contribution in [0.25, 0.3) is 11.1 Å². The van der Waals surface area contributed by atoms with Crippen LogP contribution in [0.4, 0.5) is 0 Å². The molecule has 0 unspecified atom stereocenters. The Labute approximate surface area is 158 Å². The smallest absolute Gasteiger partial charge is 0.325 e. The third kappa shape index (κ3) is 2.73. The highest BCUT2D eigenvalue weighted by Crippen LogP contribution is 2.45. The van der Waals surface area contributed by atoms with Gasteiger partial charge in [-0.15, -0.1) is 0 Å². The van der Waals surface area contributed by atoms with Gasteiger partial charge in [0.25, 0.3) is 0 Å². The van der Waals surface area contributed by atoms with Crippen molar-refractivity contribution < 1.29 is 19.4 Å². The number of hydrogen-bond donors (Lipinski definition) is 2. The lowest BCUT2D eigenvalue weighted by molar-refractivity contribution is -0.173.